The predicted molar refractivity (Wildman–Crippen MR) is 122 cm³/mol. The monoisotopic (exact) mass is 435 g/mol. The Bertz CT molecular complexity index is 1050. The molecule has 3 N–H and O–H groups in total. The standard InChI is InChI=1S/C24H22ClN3O3/c1-16(29)26-20-11-13-21(14-12-20)27-24(31)22(15-17-5-3-2-4-6-17)28-23(30)18-7-9-19(25)10-8-18/h2-14,22H,15H2,1H3,(H,26,29)(H,27,31)(H,28,30). The fourth-order valence-electron chi connectivity index (χ4n) is 2.97. The van der Waals surface area contributed by atoms with Crippen molar-refractivity contribution >= 4 is 40.7 Å². The minimum atomic E-state index is -0.791. The van der Waals surface area contributed by atoms with Crippen LogP contribution in [0.5, 0.6) is 0 Å². The van der Waals surface area contributed by atoms with Crippen LogP contribution in [0.2, 0.25) is 5.02 Å². The van der Waals surface area contributed by atoms with Crippen molar-refractivity contribution in [3.63, 3.8) is 0 Å². The van der Waals surface area contributed by atoms with Crippen molar-refractivity contribution in [2.24, 2.45) is 0 Å². The van der Waals surface area contributed by atoms with Crippen LogP contribution < -0.4 is 16.0 Å². The molecule has 0 aliphatic rings. The van der Waals surface area contributed by atoms with Crippen molar-refractivity contribution in [1.29, 1.82) is 0 Å². The SMILES string of the molecule is CC(=O)Nc1ccc(NC(=O)C(Cc2ccccc2)NC(=O)c2ccc(Cl)cc2)cc1. The molecule has 0 aliphatic heterocycles. The van der Waals surface area contributed by atoms with E-state index >= 15 is 0 Å². The Kier molecular flexibility index (Phi) is 7.40. The molecule has 0 saturated heterocycles. The van der Waals surface area contributed by atoms with Gasteiger partial charge >= 0.3 is 0 Å². The molecule has 3 rings (SSSR count). The van der Waals surface area contributed by atoms with Gasteiger partial charge in [0.05, 0.1) is 0 Å². The van der Waals surface area contributed by atoms with E-state index in [0.29, 0.717) is 28.4 Å². The molecule has 0 aliphatic carbocycles. The van der Waals surface area contributed by atoms with E-state index in [0.717, 1.165) is 5.56 Å². The van der Waals surface area contributed by atoms with Crippen molar-refractivity contribution in [2.45, 2.75) is 19.4 Å². The van der Waals surface area contributed by atoms with Crippen molar-refractivity contribution in [3.8, 4) is 0 Å². The molecule has 3 aromatic rings. The zero-order valence-electron chi connectivity index (χ0n) is 16.9. The molecular formula is C24H22ClN3O3. The third-order valence-corrected chi connectivity index (χ3v) is 4.74. The van der Waals surface area contributed by atoms with Crippen LogP contribution in [0.15, 0.2) is 78.9 Å². The Balaban J connectivity index is 1.74. The van der Waals surface area contributed by atoms with Gasteiger partial charge in [0.2, 0.25) is 11.8 Å². The van der Waals surface area contributed by atoms with E-state index in [1.54, 1.807) is 48.5 Å². The molecule has 31 heavy (non-hydrogen) atoms. The number of rotatable bonds is 7. The normalized spacial score (nSPS) is 11.3. The van der Waals surface area contributed by atoms with Gasteiger partial charge in [-0.3, -0.25) is 14.4 Å². The lowest BCUT2D eigenvalue weighted by Crippen LogP contribution is -2.45. The van der Waals surface area contributed by atoms with Crippen molar-refractivity contribution in [2.75, 3.05) is 10.6 Å². The zero-order valence-corrected chi connectivity index (χ0v) is 17.6. The maximum atomic E-state index is 13.0. The van der Waals surface area contributed by atoms with Gasteiger partial charge in [-0.25, -0.2) is 0 Å². The fourth-order valence-corrected chi connectivity index (χ4v) is 3.10. The lowest BCUT2D eigenvalue weighted by Gasteiger charge is -2.19. The highest BCUT2D eigenvalue weighted by Crippen LogP contribution is 2.15. The Labute approximate surface area is 185 Å². The van der Waals surface area contributed by atoms with Crippen LogP contribution in [0.25, 0.3) is 0 Å². The number of carbonyl (C=O) groups is 3. The number of hydrogen-bond donors (Lipinski definition) is 3. The van der Waals surface area contributed by atoms with Gasteiger partial charge in [0, 0.05) is 35.3 Å². The molecule has 1 atom stereocenters. The number of hydrogen-bond acceptors (Lipinski definition) is 3. The molecule has 3 amide bonds. The first-order valence-corrected chi connectivity index (χ1v) is 10.1. The highest BCUT2D eigenvalue weighted by atomic mass is 35.5. The lowest BCUT2D eigenvalue weighted by atomic mass is 10.0. The minimum Gasteiger partial charge on any atom is -0.340 e. The summed E-state index contributed by atoms with van der Waals surface area (Å²) >= 11 is 5.89. The second kappa shape index (κ2) is 10.4. The van der Waals surface area contributed by atoms with E-state index < -0.39 is 6.04 Å². The molecule has 0 bridgehead atoms. The third kappa shape index (κ3) is 6.69. The predicted octanol–water partition coefficient (Wildman–Crippen LogP) is 4.28. The molecular weight excluding hydrogens is 414 g/mol. The second-order valence-corrected chi connectivity index (χ2v) is 7.41. The lowest BCUT2D eigenvalue weighted by molar-refractivity contribution is -0.118. The van der Waals surface area contributed by atoms with E-state index in [4.69, 9.17) is 11.6 Å². The molecule has 0 heterocycles. The Morgan fingerprint density at radius 2 is 1.39 bits per heavy atom. The first-order chi connectivity index (χ1) is 14.9. The van der Waals surface area contributed by atoms with Crippen LogP contribution in [-0.2, 0) is 16.0 Å². The maximum absolute atomic E-state index is 13.0. The van der Waals surface area contributed by atoms with Gasteiger partial charge in [0.25, 0.3) is 5.91 Å². The highest BCUT2D eigenvalue weighted by Gasteiger charge is 2.22. The molecule has 0 saturated carbocycles. The number of carbonyl (C=O) groups excluding carboxylic acids is 3. The first-order valence-electron chi connectivity index (χ1n) is 9.69. The molecule has 158 valence electrons. The van der Waals surface area contributed by atoms with Gasteiger partial charge in [-0.2, -0.15) is 0 Å². The summed E-state index contributed by atoms with van der Waals surface area (Å²) in [5.41, 5.74) is 2.51. The number of nitrogens with one attached hydrogen (secondary N) is 3. The van der Waals surface area contributed by atoms with Gasteiger partial charge in [0.15, 0.2) is 0 Å². The smallest absolute Gasteiger partial charge is 0.251 e. The summed E-state index contributed by atoms with van der Waals surface area (Å²) in [6, 6.07) is 21.9. The summed E-state index contributed by atoms with van der Waals surface area (Å²) in [6.45, 7) is 1.42. The van der Waals surface area contributed by atoms with Gasteiger partial charge in [-0.05, 0) is 54.1 Å². The average molecular weight is 436 g/mol. The minimum absolute atomic E-state index is 0.176. The van der Waals surface area contributed by atoms with E-state index in [-0.39, 0.29) is 17.7 Å². The number of anilines is 2. The van der Waals surface area contributed by atoms with Crippen LogP contribution in [0.4, 0.5) is 11.4 Å². The molecule has 6 nitrogen and oxygen atoms in total. The topological polar surface area (TPSA) is 87.3 Å². The van der Waals surface area contributed by atoms with E-state index in [9.17, 15) is 14.4 Å². The van der Waals surface area contributed by atoms with Crippen molar-refractivity contribution in [1.82, 2.24) is 5.32 Å². The zero-order chi connectivity index (χ0) is 22.2. The van der Waals surface area contributed by atoms with Crippen LogP contribution in [0.3, 0.4) is 0 Å². The molecule has 0 aromatic heterocycles. The van der Waals surface area contributed by atoms with E-state index in [1.807, 2.05) is 30.3 Å². The van der Waals surface area contributed by atoms with Gasteiger partial charge in [0.1, 0.15) is 6.04 Å². The van der Waals surface area contributed by atoms with Crippen LogP contribution in [0.1, 0.15) is 22.8 Å². The fraction of sp³-hybridized carbons (Fsp3) is 0.125. The summed E-state index contributed by atoms with van der Waals surface area (Å²) in [5.74, 6) is -0.892. The summed E-state index contributed by atoms with van der Waals surface area (Å²) in [4.78, 5) is 36.8. The molecule has 7 heteroatoms. The molecule has 3 aromatic carbocycles. The molecule has 0 spiro atoms. The second-order valence-electron chi connectivity index (χ2n) is 6.97. The average Bonchev–Trinajstić information content (AvgIpc) is 2.75. The molecule has 0 radical (unpaired) electrons. The van der Waals surface area contributed by atoms with Crippen LogP contribution in [-0.4, -0.2) is 23.8 Å². The number of benzene rings is 3. The van der Waals surface area contributed by atoms with E-state index in [2.05, 4.69) is 16.0 Å². The third-order valence-electron chi connectivity index (χ3n) is 4.48. The van der Waals surface area contributed by atoms with Crippen molar-refractivity contribution in [3.05, 3.63) is 95.0 Å². The van der Waals surface area contributed by atoms with E-state index in [1.165, 1.54) is 6.92 Å². The van der Waals surface area contributed by atoms with Crippen molar-refractivity contribution < 1.29 is 14.4 Å². The Hall–Kier alpha value is -3.64. The number of amides is 3. The maximum Gasteiger partial charge on any atom is 0.251 e. The summed E-state index contributed by atoms with van der Waals surface area (Å²) in [7, 11) is 0. The van der Waals surface area contributed by atoms with Crippen LogP contribution in [0, 0.1) is 0 Å². The number of halogens is 1. The molecule has 1 unspecified atom stereocenters. The quantitative estimate of drug-likeness (QED) is 0.517. The highest BCUT2D eigenvalue weighted by molar-refractivity contribution is 6.30. The van der Waals surface area contributed by atoms with Gasteiger partial charge in [-0.1, -0.05) is 41.9 Å². The molecule has 0 fully saturated rings. The summed E-state index contributed by atoms with van der Waals surface area (Å²) < 4.78 is 0. The summed E-state index contributed by atoms with van der Waals surface area (Å²) in [5, 5.41) is 8.83. The Morgan fingerprint density at radius 3 is 1.97 bits per heavy atom. The van der Waals surface area contributed by atoms with Crippen LogP contribution >= 0.6 is 11.6 Å². The largest absolute Gasteiger partial charge is 0.340 e. The van der Waals surface area contributed by atoms with Gasteiger partial charge < -0.3 is 16.0 Å². The summed E-state index contributed by atoms with van der Waals surface area (Å²) in [6.07, 6.45) is 0.329. The van der Waals surface area contributed by atoms with Gasteiger partial charge in [-0.15, -0.1) is 0 Å². The first kappa shape index (κ1) is 22.1. The Morgan fingerprint density at radius 1 is 0.806 bits per heavy atom.